The summed E-state index contributed by atoms with van der Waals surface area (Å²) in [5, 5.41) is 12.7. The van der Waals surface area contributed by atoms with Gasteiger partial charge in [-0.1, -0.05) is 6.92 Å². The lowest BCUT2D eigenvalue weighted by molar-refractivity contribution is -0.116. The number of likely N-dealkylation sites (N-methyl/N-ethyl adjacent to an activating group) is 1. The molecule has 10 nitrogen and oxygen atoms in total. The lowest BCUT2D eigenvalue weighted by Crippen LogP contribution is -2.50. The van der Waals surface area contributed by atoms with Crippen molar-refractivity contribution in [3.8, 4) is 5.75 Å². The zero-order chi connectivity index (χ0) is 29.6. The van der Waals surface area contributed by atoms with E-state index in [-0.39, 0.29) is 53.6 Å². The molecule has 0 saturated carbocycles. The molecule has 0 saturated heterocycles. The van der Waals surface area contributed by atoms with Crippen LogP contribution in [0.3, 0.4) is 0 Å². The van der Waals surface area contributed by atoms with Gasteiger partial charge in [0.25, 0.3) is 5.91 Å². The number of aliphatic hydroxyl groups excluding tert-OH is 1. The molecule has 1 aliphatic heterocycles. The Balaban J connectivity index is 1.89. The summed E-state index contributed by atoms with van der Waals surface area (Å²) < 4.78 is 47.1. The number of anilines is 1. The molecule has 2 amide bonds. The Morgan fingerprint density at radius 1 is 1.20 bits per heavy atom. The highest BCUT2D eigenvalue weighted by molar-refractivity contribution is 7.89. The number of carbonyl (C=O) groups is 2. The summed E-state index contributed by atoms with van der Waals surface area (Å²) >= 11 is 0. The van der Waals surface area contributed by atoms with Gasteiger partial charge < -0.3 is 25.0 Å². The van der Waals surface area contributed by atoms with E-state index in [0.717, 1.165) is 23.0 Å². The number of rotatable bonds is 11. The lowest BCUT2D eigenvalue weighted by Gasteiger charge is -2.38. The van der Waals surface area contributed by atoms with Crippen molar-refractivity contribution in [2.24, 2.45) is 5.92 Å². The van der Waals surface area contributed by atoms with Gasteiger partial charge in [0.2, 0.25) is 15.9 Å². The molecule has 0 fully saturated rings. The molecule has 220 valence electrons. The minimum Gasteiger partial charge on any atom is -0.488 e. The van der Waals surface area contributed by atoms with E-state index in [1.807, 2.05) is 25.9 Å². The molecular weight excluding hydrogens is 539 g/mol. The number of hydrogen-bond donors (Lipinski definition) is 2. The van der Waals surface area contributed by atoms with Crippen LogP contribution in [0, 0.1) is 11.7 Å². The van der Waals surface area contributed by atoms with E-state index >= 15 is 0 Å². The zero-order valence-electron chi connectivity index (χ0n) is 23.6. The minimum absolute atomic E-state index is 0.0415. The van der Waals surface area contributed by atoms with Crippen LogP contribution < -0.4 is 10.1 Å². The molecule has 2 N–H and O–H groups in total. The summed E-state index contributed by atoms with van der Waals surface area (Å²) in [7, 11) is 1.34. The van der Waals surface area contributed by atoms with E-state index in [1.165, 1.54) is 24.1 Å². The summed E-state index contributed by atoms with van der Waals surface area (Å²) in [6.07, 6.45) is 0.343. The quantitative estimate of drug-likeness (QED) is 0.421. The van der Waals surface area contributed by atoms with Crippen LogP contribution in [0.2, 0.25) is 0 Å². The van der Waals surface area contributed by atoms with Crippen molar-refractivity contribution in [3.63, 3.8) is 0 Å². The van der Waals surface area contributed by atoms with Gasteiger partial charge in [-0.05, 0) is 76.4 Å². The third-order valence-corrected chi connectivity index (χ3v) is 8.75. The van der Waals surface area contributed by atoms with Crippen molar-refractivity contribution in [3.05, 3.63) is 53.8 Å². The van der Waals surface area contributed by atoms with Crippen molar-refractivity contribution < 1.29 is 32.2 Å². The van der Waals surface area contributed by atoms with Crippen molar-refractivity contribution in [2.45, 2.75) is 43.7 Å². The fraction of sp³-hybridized carbons (Fsp3) is 0.500. The van der Waals surface area contributed by atoms with E-state index < -0.39 is 28.0 Å². The van der Waals surface area contributed by atoms with Gasteiger partial charge in [0.05, 0.1) is 29.7 Å². The molecule has 40 heavy (non-hydrogen) atoms. The van der Waals surface area contributed by atoms with Crippen LogP contribution in [-0.4, -0.2) is 99.0 Å². The molecule has 0 radical (unpaired) electrons. The number of amides is 2. The average molecular weight is 579 g/mol. The van der Waals surface area contributed by atoms with Gasteiger partial charge in [-0.25, -0.2) is 12.8 Å². The Morgan fingerprint density at radius 2 is 1.88 bits per heavy atom. The summed E-state index contributed by atoms with van der Waals surface area (Å²) in [4.78, 5) is 29.5. The number of fused-ring (bicyclic) bond motifs is 1. The maximum atomic E-state index is 13.6. The molecule has 3 atom stereocenters. The molecule has 3 rings (SSSR count). The van der Waals surface area contributed by atoms with Gasteiger partial charge in [0, 0.05) is 31.6 Å². The molecule has 1 heterocycles. The first-order chi connectivity index (χ1) is 18.8. The van der Waals surface area contributed by atoms with Gasteiger partial charge in [0.1, 0.15) is 17.7 Å². The Hall–Kier alpha value is -3.06. The SMILES string of the molecule is C[C@H](CO)N1C[C@H](C)[C@@H](CN(C)S(=O)(=O)c2ccc(F)cc2)Oc2ccc(NC(=O)CCCN(C)C)cc2C1=O. The second-order valence-electron chi connectivity index (χ2n) is 10.5. The smallest absolute Gasteiger partial charge is 0.258 e. The molecule has 0 bridgehead atoms. The number of hydrogen-bond acceptors (Lipinski definition) is 7. The molecule has 0 aromatic heterocycles. The molecule has 2 aromatic rings. The maximum absolute atomic E-state index is 13.6. The van der Waals surface area contributed by atoms with Crippen LogP contribution in [0.5, 0.6) is 5.75 Å². The van der Waals surface area contributed by atoms with Crippen molar-refractivity contribution in [1.29, 1.82) is 0 Å². The third-order valence-electron chi connectivity index (χ3n) is 6.92. The van der Waals surface area contributed by atoms with Gasteiger partial charge in [-0.15, -0.1) is 0 Å². The van der Waals surface area contributed by atoms with Gasteiger partial charge in [0.15, 0.2) is 0 Å². The molecule has 12 heteroatoms. The Kier molecular flexibility index (Phi) is 10.6. The van der Waals surface area contributed by atoms with Gasteiger partial charge in [-0.2, -0.15) is 4.31 Å². The van der Waals surface area contributed by atoms with Crippen molar-refractivity contribution >= 4 is 27.5 Å². The highest BCUT2D eigenvalue weighted by atomic mass is 32.2. The maximum Gasteiger partial charge on any atom is 0.258 e. The number of nitrogens with one attached hydrogen (secondary N) is 1. The predicted molar refractivity (Wildman–Crippen MR) is 150 cm³/mol. The highest BCUT2D eigenvalue weighted by Crippen LogP contribution is 2.31. The number of benzene rings is 2. The number of nitrogens with zero attached hydrogens (tertiary/aromatic N) is 3. The number of carbonyl (C=O) groups excluding carboxylic acids is 2. The van der Waals surface area contributed by atoms with Gasteiger partial charge >= 0.3 is 0 Å². The zero-order valence-corrected chi connectivity index (χ0v) is 24.4. The van der Waals surface area contributed by atoms with Crippen LogP contribution in [0.25, 0.3) is 0 Å². The summed E-state index contributed by atoms with van der Waals surface area (Å²) in [5.74, 6) is -1.15. The molecular formula is C28H39FN4O6S. The number of sulfonamides is 1. The number of ether oxygens (including phenoxy) is 1. The second kappa shape index (κ2) is 13.5. The van der Waals surface area contributed by atoms with E-state index in [4.69, 9.17) is 4.74 Å². The highest BCUT2D eigenvalue weighted by Gasteiger charge is 2.35. The second-order valence-corrected chi connectivity index (χ2v) is 12.6. The van der Waals surface area contributed by atoms with E-state index in [9.17, 15) is 27.5 Å². The predicted octanol–water partition coefficient (Wildman–Crippen LogP) is 2.65. The van der Waals surface area contributed by atoms with Crippen LogP contribution in [0.1, 0.15) is 37.0 Å². The first-order valence-corrected chi connectivity index (χ1v) is 14.7. The topological polar surface area (TPSA) is 119 Å². The fourth-order valence-corrected chi connectivity index (χ4v) is 5.62. The lowest BCUT2D eigenvalue weighted by atomic mass is 9.99. The minimum atomic E-state index is -3.94. The molecule has 0 unspecified atom stereocenters. The van der Waals surface area contributed by atoms with E-state index in [1.54, 1.807) is 25.1 Å². The van der Waals surface area contributed by atoms with Crippen LogP contribution in [0.4, 0.5) is 10.1 Å². The monoisotopic (exact) mass is 578 g/mol. The first-order valence-electron chi connectivity index (χ1n) is 13.2. The Bertz CT molecular complexity index is 1290. The molecule has 1 aliphatic rings. The third kappa shape index (κ3) is 7.78. The van der Waals surface area contributed by atoms with Crippen LogP contribution in [-0.2, 0) is 14.8 Å². The Morgan fingerprint density at radius 3 is 2.50 bits per heavy atom. The standard InChI is InChI=1S/C28H39FN4O6S/c1-19-16-33(20(2)18-34)28(36)24-15-22(30-27(35)7-6-14-31(3)4)10-13-25(24)39-26(19)17-32(5)40(37,38)23-11-8-21(29)9-12-23/h8-13,15,19-20,26,34H,6-7,14,16-18H2,1-5H3,(H,30,35)/t19-,20+,26+/m0/s1. The summed E-state index contributed by atoms with van der Waals surface area (Å²) in [5.41, 5.74) is 0.635. The van der Waals surface area contributed by atoms with Crippen LogP contribution >= 0.6 is 0 Å². The average Bonchev–Trinajstić information content (AvgIpc) is 2.90. The number of halogens is 1. The first kappa shape index (κ1) is 31.5. The fourth-order valence-electron chi connectivity index (χ4n) is 4.44. The summed E-state index contributed by atoms with van der Waals surface area (Å²) in [6.45, 7) is 4.24. The normalized spacial score (nSPS) is 18.6. The van der Waals surface area contributed by atoms with Crippen LogP contribution in [0.15, 0.2) is 47.4 Å². The van der Waals surface area contributed by atoms with Gasteiger partial charge in [-0.3, -0.25) is 9.59 Å². The largest absolute Gasteiger partial charge is 0.488 e. The van der Waals surface area contributed by atoms with E-state index in [0.29, 0.717) is 18.5 Å². The van der Waals surface area contributed by atoms with Crippen molar-refractivity contribution in [2.75, 3.05) is 52.7 Å². The molecule has 0 spiro atoms. The Labute approximate surface area is 235 Å². The van der Waals surface area contributed by atoms with Crippen molar-refractivity contribution in [1.82, 2.24) is 14.1 Å². The number of aliphatic hydroxyl groups is 1. The summed E-state index contributed by atoms with van der Waals surface area (Å²) in [6, 6.07) is 8.85. The molecule has 0 aliphatic carbocycles. The van der Waals surface area contributed by atoms with E-state index in [2.05, 4.69) is 5.32 Å². The molecule has 2 aromatic carbocycles.